The van der Waals surface area contributed by atoms with Gasteiger partial charge in [-0.1, -0.05) is 0 Å². The lowest BCUT2D eigenvalue weighted by atomic mass is 10.1. The highest BCUT2D eigenvalue weighted by molar-refractivity contribution is 6.01. The Balaban J connectivity index is 2.36. The Morgan fingerprint density at radius 2 is 2.31 bits per heavy atom. The fourth-order valence-corrected chi connectivity index (χ4v) is 1.52. The number of pyridine rings is 1. The highest BCUT2D eigenvalue weighted by atomic mass is 14.8. The van der Waals surface area contributed by atoms with E-state index < -0.39 is 0 Å². The van der Waals surface area contributed by atoms with Gasteiger partial charge in [0, 0.05) is 24.0 Å². The van der Waals surface area contributed by atoms with Crippen LogP contribution in [0, 0.1) is 6.92 Å². The number of nitrogens with zero attached hydrogens (tertiary/aromatic N) is 2. The van der Waals surface area contributed by atoms with Gasteiger partial charge in [-0.05, 0) is 31.4 Å². The summed E-state index contributed by atoms with van der Waals surface area (Å²) in [6, 6.07) is 2.06. The van der Waals surface area contributed by atoms with Gasteiger partial charge in [0.25, 0.3) is 0 Å². The van der Waals surface area contributed by atoms with Crippen LogP contribution in [0.3, 0.4) is 0 Å². The van der Waals surface area contributed by atoms with Gasteiger partial charge in [0.1, 0.15) is 5.82 Å². The predicted molar refractivity (Wildman–Crippen MR) is 54.0 cm³/mol. The fourth-order valence-electron chi connectivity index (χ4n) is 1.52. The first-order chi connectivity index (χ1) is 6.27. The second-order valence-electron chi connectivity index (χ2n) is 3.36. The number of anilines is 1. The lowest BCUT2D eigenvalue weighted by Crippen LogP contribution is -2.01. The minimum atomic E-state index is 0.613. The number of nitrogens with two attached hydrogens (primary N) is 1. The fraction of sp³-hybridized carbons (Fsp3) is 0.400. The van der Waals surface area contributed by atoms with Crippen molar-refractivity contribution in [2.24, 2.45) is 4.99 Å². The highest BCUT2D eigenvalue weighted by Gasteiger charge is 2.09. The van der Waals surface area contributed by atoms with Gasteiger partial charge in [-0.15, -0.1) is 0 Å². The standard InChI is InChI=1S/C10H13N3/c1-7-5-8(6-13-10(7)11)9-3-2-4-12-9/h5-6H,2-4H2,1H3,(H2,11,13). The minimum Gasteiger partial charge on any atom is -0.383 e. The van der Waals surface area contributed by atoms with E-state index in [1.165, 1.54) is 12.1 Å². The second-order valence-corrected chi connectivity index (χ2v) is 3.36. The molecule has 0 aromatic carbocycles. The smallest absolute Gasteiger partial charge is 0.126 e. The number of aliphatic imine (C=N–C) groups is 1. The monoisotopic (exact) mass is 175 g/mol. The Hall–Kier alpha value is -1.38. The molecule has 0 amide bonds. The molecule has 0 saturated carbocycles. The van der Waals surface area contributed by atoms with Crippen molar-refractivity contribution in [2.45, 2.75) is 19.8 Å². The van der Waals surface area contributed by atoms with Crippen LogP contribution in [0.4, 0.5) is 5.82 Å². The molecule has 3 heteroatoms. The molecule has 0 fully saturated rings. The summed E-state index contributed by atoms with van der Waals surface area (Å²) in [5.74, 6) is 0.613. The van der Waals surface area contributed by atoms with E-state index in [1.807, 2.05) is 13.1 Å². The van der Waals surface area contributed by atoms with E-state index in [0.717, 1.165) is 24.1 Å². The molecule has 0 bridgehead atoms. The molecule has 1 aromatic heterocycles. The van der Waals surface area contributed by atoms with E-state index in [0.29, 0.717) is 5.82 Å². The average Bonchev–Trinajstić information content (AvgIpc) is 2.62. The number of nitrogen functional groups attached to an aromatic ring is 1. The number of hydrogen-bond acceptors (Lipinski definition) is 3. The molecular formula is C10H13N3. The van der Waals surface area contributed by atoms with Crippen molar-refractivity contribution in [1.29, 1.82) is 0 Å². The van der Waals surface area contributed by atoms with E-state index >= 15 is 0 Å². The molecule has 1 aliphatic heterocycles. The minimum absolute atomic E-state index is 0.613. The van der Waals surface area contributed by atoms with Crippen LogP contribution in [0.2, 0.25) is 0 Å². The molecule has 13 heavy (non-hydrogen) atoms. The third-order valence-electron chi connectivity index (χ3n) is 2.33. The van der Waals surface area contributed by atoms with Crippen molar-refractivity contribution in [2.75, 3.05) is 12.3 Å². The summed E-state index contributed by atoms with van der Waals surface area (Å²) in [6.07, 6.45) is 4.05. The molecule has 2 heterocycles. The molecular weight excluding hydrogens is 162 g/mol. The van der Waals surface area contributed by atoms with Crippen LogP contribution >= 0.6 is 0 Å². The van der Waals surface area contributed by atoms with E-state index in [4.69, 9.17) is 5.73 Å². The highest BCUT2D eigenvalue weighted by Crippen LogP contribution is 2.15. The van der Waals surface area contributed by atoms with Gasteiger partial charge in [-0.2, -0.15) is 0 Å². The van der Waals surface area contributed by atoms with Gasteiger partial charge in [0.15, 0.2) is 0 Å². The molecule has 0 spiro atoms. The van der Waals surface area contributed by atoms with Gasteiger partial charge in [0.2, 0.25) is 0 Å². The quantitative estimate of drug-likeness (QED) is 0.704. The van der Waals surface area contributed by atoms with Crippen LogP contribution in [-0.4, -0.2) is 17.2 Å². The summed E-state index contributed by atoms with van der Waals surface area (Å²) < 4.78 is 0. The number of rotatable bonds is 1. The second kappa shape index (κ2) is 3.17. The van der Waals surface area contributed by atoms with Crippen molar-refractivity contribution in [3.8, 4) is 0 Å². The van der Waals surface area contributed by atoms with E-state index in [2.05, 4.69) is 16.0 Å². The molecule has 1 aliphatic rings. The molecule has 3 nitrogen and oxygen atoms in total. The summed E-state index contributed by atoms with van der Waals surface area (Å²) in [7, 11) is 0. The zero-order valence-electron chi connectivity index (χ0n) is 7.75. The largest absolute Gasteiger partial charge is 0.383 e. The normalized spacial score (nSPS) is 15.9. The number of aromatic nitrogens is 1. The first kappa shape index (κ1) is 8.23. The van der Waals surface area contributed by atoms with Gasteiger partial charge in [-0.25, -0.2) is 4.98 Å². The summed E-state index contributed by atoms with van der Waals surface area (Å²) in [5.41, 5.74) is 8.98. The van der Waals surface area contributed by atoms with Crippen molar-refractivity contribution in [3.63, 3.8) is 0 Å². The predicted octanol–water partition coefficient (Wildman–Crippen LogP) is 1.56. The number of hydrogen-bond donors (Lipinski definition) is 1. The zero-order valence-corrected chi connectivity index (χ0v) is 7.75. The molecule has 0 atom stereocenters. The Morgan fingerprint density at radius 3 is 2.92 bits per heavy atom. The summed E-state index contributed by atoms with van der Waals surface area (Å²) in [5, 5.41) is 0. The zero-order chi connectivity index (χ0) is 9.26. The molecule has 2 rings (SSSR count). The Kier molecular flexibility index (Phi) is 2.00. The summed E-state index contributed by atoms with van der Waals surface area (Å²) in [6.45, 7) is 2.93. The van der Waals surface area contributed by atoms with E-state index in [-0.39, 0.29) is 0 Å². The SMILES string of the molecule is Cc1cc(C2=NCCC2)cnc1N. The van der Waals surface area contributed by atoms with Crippen LogP contribution in [0.1, 0.15) is 24.0 Å². The number of aryl methyl sites for hydroxylation is 1. The van der Waals surface area contributed by atoms with Crippen LogP contribution in [0.25, 0.3) is 0 Å². The maximum absolute atomic E-state index is 5.64. The Bertz CT molecular complexity index is 355. The van der Waals surface area contributed by atoms with Gasteiger partial charge >= 0.3 is 0 Å². The molecule has 0 saturated heterocycles. The third kappa shape index (κ3) is 1.54. The molecule has 68 valence electrons. The summed E-state index contributed by atoms with van der Waals surface area (Å²) >= 11 is 0. The van der Waals surface area contributed by atoms with Gasteiger partial charge in [-0.3, -0.25) is 4.99 Å². The first-order valence-corrected chi connectivity index (χ1v) is 4.53. The van der Waals surface area contributed by atoms with Crippen LogP contribution < -0.4 is 5.73 Å². The Morgan fingerprint density at radius 1 is 1.46 bits per heavy atom. The molecule has 0 aliphatic carbocycles. The van der Waals surface area contributed by atoms with Crippen LogP contribution in [0.5, 0.6) is 0 Å². The van der Waals surface area contributed by atoms with Crippen LogP contribution in [-0.2, 0) is 0 Å². The molecule has 0 radical (unpaired) electrons. The maximum atomic E-state index is 5.64. The third-order valence-corrected chi connectivity index (χ3v) is 2.33. The Labute approximate surface area is 77.7 Å². The van der Waals surface area contributed by atoms with Crippen LogP contribution in [0.15, 0.2) is 17.3 Å². The van der Waals surface area contributed by atoms with E-state index in [9.17, 15) is 0 Å². The maximum Gasteiger partial charge on any atom is 0.126 e. The molecule has 0 unspecified atom stereocenters. The van der Waals surface area contributed by atoms with E-state index in [1.54, 1.807) is 0 Å². The van der Waals surface area contributed by atoms with Crippen molar-refractivity contribution >= 4 is 11.5 Å². The van der Waals surface area contributed by atoms with Crippen molar-refractivity contribution in [1.82, 2.24) is 4.98 Å². The average molecular weight is 175 g/mol. The van der Waals surface area contributed by atoms with Gasteiger partial charge in [0.05, 0.1) is 0 Å². The lowest BCUT2D eigenvalue weighted by molar-refractivity contribution is 0.951. The summed E-state index contributed by atoms with van der Waals surface area (Å²) in [4.78, 5) is 8.53. The lowest BCUT2D eigenvalue weighted by Gasteiger charge is -2.03. The molecule has 2 N–H and O–H groups in total. The van der Waals surface area contributed by atoms with Gasteiger partial charge < -0.3 is 5.73 Å². The molecule has 1 aromatic rings. The van der Waals surface area contributed by atoms with Crippen molar-refractivity contribution < 1.29 is 0 Å². The van der Waals surface area contributed by atoms with Crippen molar-refractivity contribution in [3.05, 3.63) is 23.4 Å². The topological polar surface area (TPSA) is 51.3 Å². The first-order valence-electron chi connectivity index (χ1n) is 4.53.